The SMILES string of the molecule is CCC(=O)Nc1ccc2c(c1)CN(C(=O)COc1ccccc1)[C@H](C(=O)N1CCCC1)C2. The molecule has 0 aromatic heterocycles. The first-order valence-corrected chi connectivity index (χ1v) is 11.2. The lowest BCUT2D eigenvalue weighted by Crippen LogP contribution is -2.54. The maximum absolute atomic E-state index is 13.3. The van der Waals surface area contributed by atoms with Crippen molar-refractivity contribution in [1.82, 2.24) is 9.80 Å². The molecule has 0 saturated carbocycles. The summed E-state index contributed by atoms with van der Waals surface area (Å²) in [6.07, 6.45) is 2.86. The van der Waals surface area contributed by atoms with E-state index in [-0.39, 0.29) is 24.3 Å². The summed E-state index contributed by atoms with van der Waals surface area (Å²) in [5, 5.41) is 2.87. The van der Waals surface area contributed by atoms with Crippen molar-refractivity contribution in [2.24, 2.45) is 0 Å². The average molecular weight is 436 g/mol. The van der Waals surface area contributed by atoms with Crippen molar-refractivity contribution in [1.29, 1.82) is 0 Å². The Hall–Kier alpha value is -3.35. The molecule has 7 heteroatoms. The molecule has 1 atom stereocenters. The Morgan fingerprint density at radius 3 is 2.50 bits per heavy atom. The number of hydrogen-bond donors (Lipinski definition) is 1. The highest BCUT2D eigenvalue weighted by Crippen LogP contribution is 2.28. The topological polar surface area (TPSA) is 79.0 Å². The van der Waals surface area contributed by atoms with Gasteiger partial charge in [0, 0.05) is 38.2 Å². The van der Waals surface area contributed by atoms with Crippen molar-refractivity contribution in [2.75, 3.05) is 25.0 Å². The van der Waals surface area contributed by atoms with Gasteiger partial charge in [-0.2, -0.15) is 0 Å². The number of rotatable bonds is 6. The summed E-state index contributed by atoms with van der Waals surface area (Å²) in [6, 6.07) is 14.4. The molecule has 0 unspecified atom stereocenters. The summed E-state index contributed by atoms with van der Waals surface area (Å²) in [7, 11) is 0. The van der Waals surface area contributed by atoms with Crippen LogP contribution in [0.5, 0.6) is 5.75 Å². The molecule has 1 saturated heterocycles. The molecular weight excluding hydrogens is 406 g/mol. The molecule has 1 N–H and O–H groups in total. The third kappa shape index (κ3) is 4.93. The van der Waals surface area contributed by atoms with Crippen molar-refractivity contribution >= 4 is 23.4 Å². The molecule has 168 valence electrons. The third-order valence-corrected chi connectivity index (χ3v) is 6.07. The number of ether oxygens (including phenoxy) is 1. The molecule has 2 aromatic rings. The Kier molecular flexibility index (Phi) is 6.73. The highest BCUT2D eigenvalue weighted by Gasteiger charge is 2.37. The predicted octanol–water partition coefficient (Wildman–Crippen LogP) is 2.99. The Morgan fingerprint density at radius 1 is 1.03 bits per heavy atom. The lowest BCUT2D eigenvalue weighted by atomic mass is 9.92. The van der Waals surface area contributed by atoms with Crippen molar-refractivity contribution in [3.05, 3.63) is 59.7 Å². The van der Waals surface area contributed by atoms with Gasteiger partial charge in [-0.1, -0.05) is 31.2 Å². The van der Waals surface area contributed by atoms with Crippen LogP contribution in [0.1, 0.15) is 37.3 Å². The number of carbonyl (C=O) groups is 3. The van der Waals surface area contributed by atoms with Crippen LogP contribution in [0.25, 0.3) is 0 Å². The predicted molar refractivity (Wildman–Crippen MR) is 121 cm³/mol. The van der Waals surface area contributed by atoms with Gasteiger partial charge in [0.1, 0.15) is 11.8 Å². The third-order valence-electron chi connectivity index (χ3n) is 6.07. The van der Waals surface area contributed by atoms with Gasteiger partial charge in [-0.15, -0.1) is 0 Å². The Labute approximate surface area is 188 Å². The fraction of sp³-hybridized carbons (Fsp3) is 0.400. The van der Waals surface area contributed by atoms with Crippen LogP contribution in [0, 0.1) is 0 Å². The monoisotopic (exact) mass is 435 g/mol. The van der Waals surface area contributed by atoms with Gasteiger partial charge in [-0.3, -0.25) is 14.4 Å². The van der Waals surface area contributed by atoms with E-state index in [4.69, 9.17) is 4.74 Å². The largest absolute Gasteiger partial charge is 0.484 e. The van der Waals surface area contributed by atoms with Crippen molar-refractivity contribution in [3.8, 4) is 5.75 Å². The van der Waals surface area contributed by atoms with Crippen LogP contribution >= 0.6 is 0 Å². The number of amides is 3. The standard InChI is InChI=1S/C25H29N3O4/c1-2-23(29)26-20-11-10-18-15-22(25(31)27-12-6-7-13-27)28(16-19(18)14-20)24(30)17-32-21-8-4-3-5-9-21/h3-5,8-11,14,22H,2,6-7,12-13,15-17H2,1H3,(H,26,29)/t22-/m0/s1. The molecule has 32 heavy (non-hydrogen) atoms. The molecule has 0 spiro atoms. The minimum Gasteiger partial charge on any atom is -0.484 e. The van der Waals surface area contributed by atoms with E-state index in [9.17, 15) is 14.4 Å². The summed E-state index contributed by atoms with van der Waals surface area (Å²) in [5.74, 6) is 0.335. The molecule has 2 aliphatic rings. The van der Waals surface area contributed by atoms with Crippen LogP contribution in [-0.2, 0) is 27.3 Å². The summed E-state index contributed by atoms with van der Waals surface area (Å²) < 4.78 is 5.68. The molecule has 0 bridgehead atoms. The number of nitrogens with one attached hydrogen (secondary N) is 1. The zero-order valence-electron chi connectivity index (χ0n) is 18.4. The summed E-state index contributed by atoms with van der Waals surface area (Å²) in [4.78, 5) is 41.8. The highest BCUT2D eigenvalue weighted by atomic mass is 16.5. The molecule has 2 heterocycles. The van der Waals surface area contributed by atoms with Crippen LogP contribution in [0.2, 0.25) is 0 Å². The highest BCUT2D eigenvalue weighted by molar-refractivity contribution is 5.91. The Morgan fingerprint density at radius 2 is 1.78 bits per heavy atom. The van der Waals surface area contributed by atoms with Gasteiger partial charge in [0.2, 0.25) is 11.8 Å². The molecule has 2 aliphatic heterocycles. The molecule has 0 aliphatic carbocycles. The van der Waals surface area contributed by atoms with Crippen LogP contribution in [0.3, 0.4) is 0 Å². The van der Waals surface area contributed by atoms with E-state index in [1.165, 1.54) is 0 Å². The molecular formula is C25H29N3O4. The first-order chi connectivity index (χ1) is 15.5. The summed E-state index contributed by atoms with van der Waals surface area (Å²) >= 11 is 0. The van der Waals surface area contributed by atoms with Gasteiger partial charge < -0.3 is 19.9 Å². The molecule has 4 rings (SSSR count). The lowest BCUT2D eigenvalue weighted by Gasteiger charge is -2.38. The number of para-hydroxylation sites is 1. The lowest BCUT2D eigenvalue weighted by molar-refractivity contribution is -0.147. The number of hydrogen-bond acceptors (Lipinski definition) is 4. The number of nitrogens with zero attached hydrogens (tertiary/aromatic N) is 2. The number of benzene rings is 2. The van der Waals surface area contributed by atoms with Crippen molar-refractivity contribution in [2.45, 2.75) is 45.2 Å². The molecule has 0 radical (unpaired) electrons. The van der Waals surface area contributed by atoms with Gasteiger partial charge in [-0.05, 0) is 48.2 Å². The van der Waals surface area contributed by atoms with Crippen LogP contribution in [0.4, 0.5) is 5.69 Å². The molecule has 3 amide bonds. The van der Waals surface area contributed by atoms with E-state index in [0.29, 0.717) is 30.8 Å². The summed E-state index contributed by atoms with van der Waals surface area (Å²) in [5.41, 5.74) is 2.68. The molecule has 7 nitrogen and oxygen atoms in total. The number of anilines is 1. The van der Waals surface area contributed by atoms with Crippen LogP contribution in [0.15, 0.2) is 48.5 Å². The number of likely N-dealkylation sites (tertiary alicyclic amines) is 1. The van der Waals surface area contributed by atoms with Gasteiger partial charge >= 0.3 is 0 Å². The zero-order chi connectivity index (χ0) is 22.5. The fourth-order valence-electron chi connectivity index (χ4n) is 4.29. The van der Waals surface area contributed by atoms with E-state index in [1.807, 2.05) is 41.3 Å². The number of carbonyl (C=O) groups excluding carboxylic acids is 3. The smallest absolute Gasteiger partial charge is 0.261 e. The number of fused-ring (bicyclic) bond motifs is 1. The van der Waals surface area contributed by atoms with E-state index < -0.39 is 6.04 Å². The average Bonchev–Trinajstić information content (AvgIpc) is 3.37. The second-order valence-electron chi connectivity index (χ2n) is 8.26. The normalized spacial score (nSPS) is 17.6. The second-order valence-corrected chi connectivity index (χ2v) is 8.26. The Balaban J connectivity index is 1.55. The van der Waals surface area contributed by atoms with Crippen molar-refractivity contribution in [3.63, 3.8) is 0 Å². The molecule has 2 aromatic carbocycles. The van der Waals surface area contributed by atoms with E-state index in [0.717, 1.165) is 37.1 Å². The molecule has 1 fully saturated rings. The van der Waals surface area contributed by atoms with Gasteiger partial charge in [0.05, 0.1) is 0 Å². The minimum atomic E-state index is -0.538. The van der Waals surface area contributed by atoms with Gasteiger partial charge in [-0.25, -0.2) is 0 Å². The second kappa shape index (κ2) is 9.85. The van der Waals surface area contributed by atoms with E-state index in [1.54, 1.807) is 24.0 Å². The van der Waals surface area contributed by atoms with Crippen LogP contribution < -0.4 is 10.1 Å². The minimum absolute atomic E-state index is 0.00423. The fourth-order valence-corrected chi connectivity index (χ4v) is 4.29. The first kappa shape index (κ1) is 21.9. The maximum atomic E-state index is 13.3. The quantitative estimate of drug-likeness (QED) is 0.757. The van der Waals surface area contributed by atoms with Gasteiger partial charge in [0.15, 0.2) is 6.61 Å². The Bertz CT molecular complexity index is 986. The van der Waals surface area contributed by atoms with E-state index >= 15 is 0 Å². The first-order valence-electron chi connectivity index (χ1n) is 11.2. The van der Waals surface area contributed by atoms with Crippen molar-refractivity contribution < 1.29 is 19.1 Å². The zero-order valence-corrected chi connectivity index (χ0v) is 18.4. The van der Waals surface area contributed by atoms with E-state index in [2.05, 4.69) is 5.32 Å². The van der Waals surface area contributed by atoms with Gasteiger partial charge in [0.25, 0.3) is 5.91 Å². The maximum Gasteiger partial charge on any atom is 0.261 e. The van der Waals surface area contributed by atoms with Crippen LogP contribution in [-0.4, -0.2) is 53.3 Å². The summed E-state index contributed by atoms with van der Waals surface area (Å²) in [6.45, 7) is 3.47.